The number of nitrogens with zero attached hydrogens (tertiary/aromatic N) is 3. The Morgan fingerprint density at radius 2 is 2.12 bits per heavy atom. The highest BCUT2D eigenvalue weighted by molar-refractivity contribution is 7.17. The smallest absolute Gasteiger partial charge is 0.324 e. The van der Waals surface area contributed by atoms with E-state index in [2.05, 4.69) is 10.2 Å². The maximum atomic E-state index is 12.3. The van der Waals surface area contributed by atoms with E-state index in [0.29, 0.717) is 12.8 Å². The van der Waals surface area contributed by atoms with Gasteiger partial charge in [0.25, 0.3) is 5.91 Å². The maximum Gasteiger partial charge on any atom is 0.406 e. The Hall–Kier alpha value is -0.890. The quantitative estimate of drug-likeness (QED) is 0.856. The molecule has 0 radical (unpaired) electrons. The largest absolute Gasteiger partial charge is 0.406 e. The van der Waals surface area contributed by atoms with E-state index in [1.165, 1.54) is 0 Å². The fourth-order valence-corrected chi connectivity index (χ4v) is 2.15. The molecule has 0 aliphatic heterocycles. The van der Waals surface area contributed by atoms with Crippen LogP contribution in [0.25, 0.3) is 0 Å². The van der Waals surface area contributed by atoms with Gasteiger partial charge in [0.2, 0.25) is 9.47 Å². The predicted octanol–water partition coefficient (Wildman–Crippen LogP) is 2.36. The van der Waals surface area contributed by atoms with Gasteiger partial charge in [0.1, 0.15) is 6.54 Å². The highest BCUT2D eigenvalue weighted by Gasteiger charge is 2.41. The van der Waals surface area contributed by atoms with Crippen LogP contribution < -0.4 is 0 Å². The van der Waals surface area contributed by atoms with Gasteiger partial charge in [-0.15, -0.1) is 10.2 Å². The standard InChI is InChI=1S/C8H7ClF3N3OS/c9-7-14-13-5(17-7)6(16)15(4-1-2-4)3-8(10,11)12/h4H,1-3H2. The van der Waals surface area contributed by atoms with Crippen molar-refractivity contribution in [1.82, 2.24) is 15.1 Å². The highest BCUT2D eigenvalue weighted by atomic mass is 35.5. The summed E-state index contributed by atoms with van der Waals surface area (Å²) in [4.78, 5) is 12.6. The minimum atomic E-state index is -4.41. The molecule has 1 aromatic heterocycles. The Morgan fingerprint density at radius 3 is 2.53 bits per heavy atom. The van der Waals surface area contributed by atoms with Crippen LogP contribution in [0.5, 0.6) is 0 Å². The summed E-state index contributed by atoms with van der Waals surface area (Å²) < 4.78 is 37.0. The van der Waals surface area contributed by atoms with Crippen LogP contribution in [0, 0.1) is 0 Å². The molecule has 2 rings (SSSR count). The van der Waals surface area contributed by atoms with Crippen LogP contribution >= 0.6 is 22.9 Å². The summed E-state index contributed by atoms with van der Waals surface area (Å²) >= 11 is 6.27. The first-order valence-corrected chi connectivity index (χ1v) is 5.93. The third-order valence-electron chi connectivity index (χ3n) is 2.18. The third-order valence-corrected chi connectivity index (χ3v) is 3.19. The number of halogens is 4. The second kappa shape index (κ2) is 4.41. The number of rotatable bonds is 3. The van der Waals surface area contributed by atoms with E-state index in [-0.39, 0.29) is 15.5 Å². The Bertz CT molecular complexity index is 432. The third kappa shape index (κ3) is 3.29. The molecule has 1 saturated carbocycles. The van der Waals surface area contributed by atoms with Crippen molar-refractivity contribution in [3.8, 4) is 0 Å². The van der Waals surface area contributed by atoms with Gasteiger partial charge in [-0.25, -0.2) is 0 Å². The normalized spacial score (nSPS) is 16.0. The van der Waals surface area contributed by atoms with Gasteiger partial charge in [-0.2, -0.15) is 13.2 Å². The molecule has 0 atom stereocenters. The van der Waals surface area contributed by atoms with Crippen molar-refractivity contribution in [3.05, 3.63) is 9.47 Å². The number of alkyl halides is 3. The molecule has 0 aromatic carbocycles. The number of carbonyl (C=O) groups excluding carboxylic acids is 1. The van der Waals surface area contributed by atoms with E-state index in [9.17, 15) is 18.0 Å². The van der Waals surface area contributed by atoms with E-state index in [0.717, 1.165) is 16.2 Å². The average Bonchev–Trinajstić information content (AvgIpc) is 2.96. The van der Waals surface area contributed by atoms with Crippen molar-refractivity contribution in [1.29, 1.82) is 0 Å². The molecule has 94 valence electrons. The van der Waals surface area contributed by atoms with E-state index in [4.69, 9.17) is 11.6 Å². The van der Waals surface area contributed by atoms with Crippen LogP contribution in [0.4, 0.5) is 13.2 Å². The summed E-state index contributed by atoms with van der Waals surface area (Å²) in [6.07, 6.45) is -3.23. The lowest BCUT2D eigenvalue weighted by molar-refractivity contribution is -0.141. The van der Waals surface area contributed by atoms with Gasteiger partial charge in [0, 0.05) is 6.04 Å². The summed E-state index contributed by atoms with van der Waals surface area (Å²) in [7, 11) is 0. The number of aromatic nitrogens is 2. The molecule has 17 heavy (non-hydrogen) atoms. The molecule has 0 N–H and O–H groups in total. The molecule has 1 heterocycles. The van der Waals surface area contributed by atoms with Gasteiger partial charge in [-0.3, -0.25) is 4.79 Å². The van der Waals surface area contributed by atoms with Crippen molar-refractivity contribution >= 4 is 28.8 Å². The molecule has 0 bridgehead atoms. The highest BCUT2D eigenvalue weighted by Crippen LogP contribution is 2.32. The fourth-order valence-electron chi connectivity index (χ4n) is 1.36. The van der Waals surface area contributed by atoms with Gasteiger partial charge >= 0.3 is 6.18 Å². The van der Waals surface area contributed by atoms with Crippen LogP contribution in [0.2, 0.25) is 4.47 Å². The first-order chi connectivity index (χ1) is 7.87. The zero-order chi connectivity index (χ0) is 12.6. The first-order valence-electron chi connectivity index (χ1n) is 4.73. The fraction of sp³-hybridized carbons (Fsp3) is 0.625. The molecule has 1 aliphatic carbocycles. The Balaban J connectivity index is 2.13. The molecule has 1 fully saturated rings. The molecule has 1 aromatic rings. The summed E-state index contributed by atoms with van der Waals surface area (Å²) in [6.45, 7) is -1.26. The SMILES string of the molecule is O=C(c1nnc(Cl)s1)N(CC(F)(F)F)C1CC1. The van der Waals surface area contributed by atoms with E-state index in [1.807, 2.05) is 0 Å². The molecule has 0 unspecified atom stereocenters. The van der Waals surface area contributed by atoms with Gasteiger partial charge in [-0.1, -0.05) is 11.3 Å². The molecule has 0 saturated heterocycles. The van der Waals surface area contributed by atoms with Gasteiger partial charge in [0.05, 0.1) is 0 Å². The monoisotopic (exact) mass is 285 g/mol. The Kier molecular flexibility index (Phi) is 3.26. The Morgan fingerprint density at radius 1 is 1.47 bits per heavy atom. The number of amides is 1. The summed E-state index contributed by atoms with van der Waals surface area (Å²) in [5.74, 6) is -0.755. The number of hydrogen-bond donors (Lipinski definition) is 0. The molecule has 1 amide bonds. The second-order valence-electron chi connectivity index (χ2n) is 3.64. The van der Waals surface area contributed by atoms with Gasteiger partial charge in [-0.05, 0) is 24.4 Å². The van der Waals surface area contributed by atoms with Crippen LogP contribution in [0.3, 0.4) is 0 Å². The van der Waals surface area contributed by atoms with Crippen molar-refractivity contribution in [2.45, 2.75) is 25.1 Å². The second-order valence-corrected chi connectivity index (χ2v) is 5.20. The molecular formula is C8H7ClF3N3OS. The Labute approximate surface area is 103 Å². The van der Waals surface area contributed by atoms with Crippen molar-refractivity contribution in [2.75, 3.05) is 6.54 Å². The maximum absolute atomic E-state index is 12.3. The van der Waals surface area contributed by atoms with Crippen LogP contribution in [-0.2, 0) is 0 Å². The van der Waals surface area contributed by atoms with Crippen LogP contribution in [0.15, 0.2) is 0 Å². The molecule has 4 nitrogen and oxygen atoms in total. The van der Waals surface area contributed by atoms with E-state index < -0.39 is 18.6 Å². The zero-order valence-electron chi connectivity index (χ0n) is 8.37. The van der Waals surface area contributed by atoms with Crippen molar-refractivity contribution in [3.63, 3.8) is 0 Å². The first kappa shape index (κ1) is 12.6. The average molecular weight is 286 g/mol. The summed E-state index contributed by atoms with van der Waals surface area (Å²) in [5.41, 5.74) is 0. The lowest BCUT2D eigenvalue weighted by atomic mass is 10.4. The topological polar surface area (TPSA) is 46.1 Å². The van der Waals surface area contributed by atoms with Crippen molar-refractivity contribution < 1.29 is 18.0 Å². The summed E-state index contributed by atoms with van der Waals surface area (Å²) in [6, 6.07) is -0.341. The summed E-state index contributed by atoms with van der Waals surface area (Å²) in [5, 5.41) is 6.75. The molecule has 1 aliphatic rings. The lowest BCUT2D eigenvalue weighted by Gasteiger charge is -2.22. The minimum absolute atomic E-state index is 0.0381. The van der Waals surface area contributed by atoms with Crippen LogP contribution in [-0.4, -0.2) is 39.8 Å². The zero-order valence-corrected chi connectivity index (χ0v) is 9.94. The number of hydrogen-bond acceptors (Lipinski definition) is 4. The van der Waals surface area contributed by atoms with E-state index >= 15 is 0 Å². The predicted molar refractivity (Wildman–Crippen MR) is 55.0 cm³/mol. The molecular weight excluding hydrogens is 279 g/mol. The molecule has 0 spiro atoms. The lowest BCUT2D eigenvalue weighted by Crippen LogP contribution is -2.40. The van der Waals surface area contributed by atoms with Crippen LogP contribution in [0.1, 0.15) is 22.6 Å². The minimum Gasteiger partial charge on any atom is -0.324 e. The van der Waals surface area contributed by atoms with Gasteiger partial charge < -0.3 is 4.90 Å². The number of carbonyl (C=O) groups is 1. The van der Waals surface area contributed by atoms with Gasteiger partial charge in [0.15, 0.2) is 0 Å². The van der Waals surface area contributed by atoms with Crippen molar-refractivity contribution in [2.24, 2.45) is 0 Å². The molecule has 9 heteroatoms. The van der Waals surface area contributed by atoms with E-state index in [1.54, 1.807) is 0 Å².